The fourth-order valence-corrected chi connectivity index (χ4v) is 2.59. The van der Waals surface area contributed by atoms with E-state index in [1.807, 2.05) is 18.2 Å². The zero-order valence-corrected chi connectivity index (χ0v) is 12.1. The van der Waals surface area contributed by atoms with E-state index >= 15 is 0 Å². The van der Waals surface area contributed by atoms with E-state index < -0.39 is 0 Å². The lowest BCUT2D eigenvalue weighted by molar-refractivity contribution is 0.197. The van der Waals surface area contributed by atoms with Crippen LogP contribution in [0.3, 0.4) is 0 Å². The first kappa shape index (κ1) is 14.7. The fourth-order valence-electron chi connectivity index (χ4n) is 2.59. The highest BCUT2D eigenvalue weighted by atomic mass is 16.5. The van der Waals surface area contributed by atoms with Gasteiger partial charge in [-0.25, -0.2) is 0 Å². The van der Waals surface area contributed by atoms with Gasteiger partial charge in [-0.1, -0.05) is 23.4 Å². The molecule has 1 aliphatic heterocycles. The smallest absolute Gasteiger partial charge is 0.153 e. The summed E-state index contributed by atoms with van der Waals surface area (Å²) < 4.78 is 5.69. The second kappa shape index (κ2) is 6.61. The molecule has 1 aromatic carbocycles. The molecule has 3 N–H and O–H groups in total. The van der Waals surface area contributed by atoms with Crippen molar-refractivity contribution in [3.63, 3.8) is 0 Å². The number of oxime groups is 1. The molecular weight excluding hydrogens is 254 g/mol. The van der Waals surface area contributed by atoms with Gasteiger partial charge in [-0.2, -0.15) is 0 Å². The van der Waals surface area contributed by atoms with Crippen molar-refractivity contribution in [1.29, 1.82) is 0 Å². The van der Waals surface area contributed by atoms with Crippen LogP contribution >= 0.6 is 0 Å². The van der Waals surface area contributed by atoms with E-state index in [2.05, 4.69) is 30.0 Å². The van der Waals surface area contributed by atoms with Crippen LogP contribution in [0.15, 0.2) is 29.4 Å². The number of hydrogen-bond acceptors (Lipinski definition) is 4. The second-order valence-corrected chi connectivity index (χ2v) is 5.49. The summed E-state index contributed by atoms with van der Waals surface area (Å²) in [6, 6.07) is 8.53. The molecule has 1 aliphatic rings. The molecule has 1 heterocycles. The highest BCUT2D eigenvalue weighted by Crippen LogP contribution is 2.34. The lowest BCUT2D eigenvalue weighted by Crippen LogP contribution is -2.41. The Bertz CT molecular complexity index is 474. The Labute approximate surface area is 120 Å². The maximum Gasteiger partial charge on any atom is 0.153 e. The third-order valence-electron chi connectivity index (χ3n) is 3.76. The molecule has 0 aromatic heterocycles. The van der Waals surface area contributed by atoms with Crippen LogP contribution in [0.2, 0.25) is 0 Å². The van der Waals surface area contributed by atoms with Crippen molar-refractivity contribution in [2.24, 2.45) is 10.9 Å². The Morgan fingerprint density at radius 1 is 1.50 bits per heavy atom. The number of nitrogens with two attached hydrogens (primary N) is 1. The van der Waals surface area contributed by atoms with Crippen LogP contribution in [0.4, 0.5) is 0 Å². The predicted molar refractivity (Wildman–Crippen MR) is 79.4 cm³/mol. The Hall–Kier alpha value is -1.75. The lowest BCUT2D eigenvalue weighted by atomic mass is 9.92. The molecule has 0 saturated heterocycles. The van der Waals surface area contributed by atoms with E-state index in [1.54, 1.807) is 0 Å². The number of amidine groups is 1. The summed E-state index contributed by atoms with van der Waals surface area (Å²) in [5, 5.41) is 11.8. The molecule has 0 bridgehead atoms. The van der Waals surface area contributed by atoms with Crippen molar-refractivity contribution >= 4 is 5.84 Å². The van der Waals surface area contributed by atoms with Crippen LogP contribution in [0.5, 0.6) is 5.75 Å². The van der Waals surface area contributed by atoms with Crippen LogP contribution in [0.1, 0.15) is 31.7 Å². The summed E-state index contributed by atoms with van der Waals surface area (Å²) >= 11 is 0. The zero-order chi connectivity index (χ0) is 14.5. The first-order valence-corrected chi connectivity index (χ1v) is 7.04. The monoisotopic (exact) mass is 277 g/mol. The molecule has 5 heteroatoms. The van der Waals surface area contributed by atoms with E-state index in [-0.39, 0.29) is 5.84 Å². The van der Waals surface area contributed by atoms with Gasteiger partial charge in [0.05, 0.1) is 13.2 Å². The van der Waals surface area contributed by atoms with E-state index in [4.69, 9.17) is 15.7 Å². The van der Waals surface area contributed by atoms with Gasteiger partial charge >= 0.3 is 0 Å². The number of ether oxygens (including phenoxy) is 1. The maximum atomic E-state index is 8.75. The maximum absolute atomic E-state index is 8.75. The third-order valence-corrected chi connectivity index (χ3v) is 3.76. The second-order valence-electron chi connectivity index (χ2n) is 5.49. The molecule has 0 radical (unpaired) electrons. The Balaban J connectivity index is 2.12. The first-order valence-electron chi connectivity index (χ1n) is 7.04. The number of hydrogen-bond donors (Lipinski definition) is 2. The number of rotatable bonds is 5. The average Bonchev–Trinajstić information content (AvgIpc) is 2.46. The minimum absolute atomic E-state index is 0.249. The van der Waals surface area contributed by atoms with Crippen molar-refractivity contribution in [2.45, 2.75) is 32.2 Å². The topological polar surface area (TPSA) is 71.1 Å². The molecule has 0 saturated carbocycles. The van der Waals surface area contributed by atoms with Gasteiger partial charge in [0.2, 0.25) is 0 Å². The summed E-state index contributed by atoms with van der Waals surface area (Å²) in [6.07, 6.45) is 0.996. The standard InChI is InChI=1S/C15H23N3O2/c1-11(2)18(10-15(16)17-19)9-12-7-8-20-14-6-4-3-5-13(12)14/h3-6,11-12,19H,7-10H2,1-2H3,(H2,16,17). The molecular formula is C15H23N3O2. The minimum atomic E-state index is 0.249. The average molecular weight is 277 g/mol. The quantitative estimate of drug-likeness (QED) is 0.374. The number of benzene rings is 1. The number of fused-ring (bicyclic) bond motifs is 1. The molecule has 20 heavy (non-hydrogen) atoms. The summed E-state index contributed by atoms with van der Waals surface area (Å²) in [4.78, 5) is 2.22. The van der Waals surface area contributed by atoms with Gasteiger partial charge in [0.1, 0.15) is 5.75 Å². The number of nitrogens with zero attached hydrogens (tertiary/aromatic N) is 2. The molecule has 5 nitrogen and oxygen atoms in total. The summed E-state index contributed by atoms with van der Waals surface area (Å²) in [5.74, 6) is 1.66. The Morgan fingerprint density at radius 3 is 2.95 bits per heavy atom. The van der Waals surface area contributed by atoms with Gasteiger partial charge in [0, 0.05) is 18.5 Å². The molecule has 0 fully saturated rings. The largest absolute Gasteiger partial charge is 0.493 e. The molecule has 1 aromatic rings. The predicted octanol–water partition coefficient (Wildman–Crippen LogP) is 2.01. The van der Waals surface area contributed by atoms with Gasteiger partial charge in [0.25, 0.3) is 0 Å². The normalized spacial score (nSPS) is 19.0. The van der Waals surface area contributed by atoms with Crippen molar-refractivity contribution in [3.05, 3.63) is 29.8 Å². The van der Waals surface area contributed by atoms with Gasteiger partial charge in [0.15, 0.2) is 5.84 Å². The van der Waals surface area contributed by atoms with Crippen LogP contribution in [0, 0.1) is 0 Å². The zero-order valence-electron chi connectivity index (χ0n) is 12.1. The summed E-state index contributed by atoms with van der Waals surface area (Å²) in [7, 11) is 0. The molecule has 1 unspecified atom stereocenters. The highest BCUT2D eigenvalue weighted by Gasteiger charge is 2.24. The lowest BCUT2D eigenvalue weighted by Gasteiger charge is -2.33. The van der Waals surface area contributed by atoms with Crippen LogP contribution in [-0.4, -0.2) is 41.7 Å². The Morgan fingerprint density at radius 2 is 2.25 bits per heavy atom. The van der Waals surface area contributed by atoms with Crippen LogP contribution in [-0.2, 0) is 0 Å². The summed E-state index contributed by atoms with van der Waals surface area (Å²) in [6.45, 7) is 6.35. The SMILES string of the molecule is CC(C)N(C/C(N)=N/O)CC1CCOc2ccccc21. The van der Waals surface area contributed by atoms with Crippen LogP contribution < -0.4 is 10.5 Å². The van der Waals surface area contributed by atoms with Gasteiger partial charge in [-0.05, 0) is 31.9 Å². The van der Waals surface area contributed by atoms with Crippen molar-refractivity contribution in [2.75, 3.05) is 19.7 Å². The van der Waals surface area contributed by atoms with Gasteiger partial charge in [-0.15, -0.1) is 0 Å². The van der Waals surface area contributed by atoms with Gasteiger partial charge in [-0.3, -0.25) is 4.90 Å². The van der Waals surface area contributed by atoms with E-state index in [1.165, 1.54) is 5.56 Å². The van der Waals surface area contributed by atoms with Crippen molar-refractivity contribution < 1.29 is 9.94 Å². The first-order chi connectivity index (χ1) is 9.61. The van der Waals surface area contributed by atoms with Crippen LogP contribution in [0.25, 0.3) is 0 Å². The molecule has 1 atom stereocenters. The van der Waals surface area contributed by atoms with Crippen molar-refractivity contribution in [1.82, 2.24) is 4.90 Å². The van der Waals surface area contributed by atoms with Gasteiger partial charge < -0.3 is 15.7 Å². The number of para-hydroxylation sites is 1. The molecule has 0 spiro atoms. The molecule has 0 aliphatic carbocycles. The third kappa shape index (κ3) is 3.42. The van der Waals surface area contributed by atoms with Crippen molar-refractivity contribution in [3.8, 4) is 5.75 Å². The fraction of sp³-hybridized carbons (Fsp3) is 0.533. The Kier molecular flexibility index (Phi) is 4.84. The van der Waals surface area contributed by atoms with E-state index in [0.29, 0.717) is 18.5 Å². The van der Waals surface area contributed by atoms with E-state index in [0.717, 1.165) is 25.3 Å². The molecule has 0 amide bonds. The minimum Gasteiger partial charge on any atom is -0.493 e. The molecule has 2 rings (SSSR count). The molecule has 110 valence electrons. The summed E-state index contributed by atoms with van der Waals surface area (Å²) in [5.41, 5.74) is 6.90. The highest BCUT2D eigenvalue weighted by molar-refractivity contribution is 5.81. The van der Waals surface area contributed by atoms with E-state index in [9.17, 15) is 0 Å².